The molecule has 0 radical (unpaired) electrons. The molecule has 4 rings (SSSR count). The molecule has 1 aliphatic carbocycles. The third kappa shape index (κ3) is 6.05. The number of hydrogen-bond donors (Lipinski definition) is 3. The SMILES string of the molecule is CC[N+]1(C)CCCC1CNc1nc(Nc2ccc(OC)c(F)c2)nc(NC2CCCCCC2)n1. The molecule has 3 N–H and O–H groups in total. The first-order valence-electron chi connectivity index (χ1n) is 12.7. The van der Waals surface area contributed by atoms with Gasteiger partial charge in [-0.1, -0.05) is 25.7 Å². The molecule has 2 atom stereocenters. The number of likely N-dealkylation sites (N-methyl/N-ethyl adjacent to an activating group) is 1. The number of nitrogens with one attached hydrogen (secondary N) is 3. The number of methoxy groups -OCH3 is 1. The lowest BCUT2D eigenvalue weighted by molar-refractivity contribution is -0.917. The van der Waals surface area contributed by atoms with Crippen molar-refractivity contribution < 1.29 is 13.6 Å². The van der Waals surface area contributed by atoms with Gasteiger partial charge in [-0.3, -0.25) is 0 Å². The van der Waals surface area contributed by atoms with Crippen molar-refractivity contribution in [2.45, 2.75) is 70.4 Å². The highest BCUT2D eigenvalue weighted by molar-refractivity contribution is 5.57. The van der Waals surface area contributed by atoms with E-state index in [-0.39, 0.29) is 5.75 Å². The molecule has 2 unspecified atom stereocenters. The van der Waals surface area contributed by atoms with E-state index in [1.165, 1.54) is 58.2 Å². The Morgan fingerprint density at radius 3 is 2.44 bits per heavy atom. The fourth-order valence-corrected chi connectivity index (χ4v) is 5.19. The second-order valence-electron chi connectivity index (χ2n) is 9.81. The van der Waals surface area contributed by atoms with Gasteiger partial charge in [-0.15, -0.1) is 0 Å². The molecule has 0 spiro atoms. The summed E-state index contributed by atoms with van der Waals surface area (Å²) in [5.41, 5.74) is 0.557. The molecule has 2 aromatic rings. The Labute approximate surface area is 202 Å². The van der Waals surface area contributed by atoms with Gasteiger partial charge < -0.3 is 25.2 Å². The molecule has 2 fully saturated rings. The van der Waals surface area contributed by atoms with Gasteiger partial charge in [0.1, 0.15) is 6.04 Å². The van der Waals surface area contributed by atoms with Crippen molar-refractivity contribution in [2.24, 2.45) is 0 Å². The molecular formula is C25H39FN7O+. The zero-order valence-electron chi connectivity index (χ0n) is 20.7. The van der Waals surface area contributed by atoms with E-state index < -0.39 is 5.82 Å². The molecule has 186 valence electrons. The van der Waals surface area contributed by atoms with E-state index in [1.54, 1.807) is 12.1 Å². The normalized spacial score (nSPS) is 23.4. The van der Waals surface area contributed by atoms with Crippen LogP contribution in [0.2, 0.25) is 0 Å². The van der Waals surface area contributed by atoms with Gasteiger partial charge in [-0.2, -0.15) is 15.0 Å². The number of halogens is 1. The summed E-state index contributed by atoms with van der Waals surface area (Å²) < 4.78 is 20.3. The van der Waals surface area contributed by atoms with Gasteiger partial charge in [0.25, 0.3) is 0 Å². The fourth-order valence-electron chi connectivity index (χ4n) is 5.19. The van der Waals surface area contributed by atoms with Crippen LogP contribution in [0.5, 0.6) is 5.75 Å². The molecular weight excluding hydrogens is 433 g/mol. The highest BCUT2D eigenvalue weighted by Crippen LogP contribution is 2.26. The van der Waals surface area contributed by atoms with Crippen molar-refractivity contribution in [3.63, 3.8) is 0 Å². The highest BCUT2D eigenvalue weighted by Gasteiger charge is 2.36. The van der Waals surface area contributed by atoms with Gasteiger partial charge in [-0.05, 0) is 31.9 Å². The predicted molar refractivity (Wildman–Crippen MR) is 134 cm³/mol. The van der Waals surface area contributed by atoms with Crippen LogP contribution in [-0.4, -0.2) is 65.3 Å². The Bertz CT molecular complexity index is 951. The first kappa shape index (κ1) is 24.4. The van der Waals surface area contributed by atoms with E-state index in [2.05, 4.69) is 39.9 Å². The first-order chi connectivity index (χ1) is 16.5. The molecule has 2 heterocycles. The predicted octanol–water partition coefficient (Wildman–Crippen LogP) is 4.94. The molecule has 2 aliphatic rings. The fraction of sp³-hybridized carbons (Fsp3) is 0.640. The van der Waals surface area contributed by atoms with Crippen molar-refractivity contribution in [1.29, 1.82) is 0 Å². The number of hydrogen-bond acceptors (Lipinski definition) is 7. The summed E-state index contributed by atoms with van der Waals surface area (Å²) in [5, 5.41) is 10.1. The van der Waals surface area contributed by atoms with Crippen LogP contribution in [0.25, 0.3) is 0 Å². The van der Waals surface area contributed by atoms with E-state index in [4.69, 9.17) is 9.72 Å². The zero-order chi connectivity index (χ0) is 24.0. The average molecular weight is 473 g/mol. The summed E-state index contributed by atoms with van der Waals surface area (Å²) in [6, 6.07) is 5.62. The summed E-state index contributed by atoms with van der Waals surface area (Å²) >= 11 is 0. The van der Waals surface area contributed by atoms with Crippen LogP contribution in [0.3, 0.4) is 0 Å². The van der Waals surface area contributed by atoms with Gasteiger partial charge in [-0.25, -0.2) is 4.39 Å². The minimum absolute atomic E-state index is 0.202. The smallest absolute Gasteiger partial charge is 0.233 e. The summed E-state index contributed by atoms with van der Waals surface area (Å²) in [5.74, 6) is 1.25. The lowest BCUT2D eigenvalue weighted by Crippen LogP contribution is -2.50. The summed E-state index contributed by atoms with van der Waals surface area (Å²) in [6.45, 7) is 5.40. The maximum Gasteiger partial charge on any atom is 0.233 e. The molecule has 0 amide bonds. The number of likely N-dealkylation sites (tertiary alicyclic amines) is 1. The Morgan fingerprint density at radius 1 is 1.00 bits per heavy atom. The molecule has 0 bridgehead atoms. The highest BCUT2D eigenvalue weighted by atomic mass is 19.1. The Kier molecular flexibility index (Phi) is 8.03. The van der Waals surface area contributed by atoms with Gasteiger partial charge in [0.15, 0.2) is 11.6 Å². The number of anilines is 4. The molecule has 1 aromatic carbocycles. The molecule has 1 aromatic heterocycles. The number of ether oxygens (including phenoxy) is 1. The summed E-state index contributed by atoms with van der Waals surface area (Å²) in [4.78, 5) is 13.9. The minimum Gasteiger partial charge on any atom is -0.494 e. The van der Waals surface area contributed by atoms with Crippen LogP contribution in [0.1, 0.15) is 58.3 Å². The number of rotatable bonds is 9. The van der Waals surface area contributed by atoms with Crippen molar-refractivity contribution >= 4 is 23.5 Å². The standard InChI is InChI=1S/C25H39FN7O/c1-4-33(2)15-9-12-20(33)17-27-23-30-24(28-18-10-7-5-6-8-11-18)32-25(31-23)29-19-13-14-22(34-3)21(26)16-19/h13-14,16,18,20H,4-12,15,17H2,1-3H3,(H3,27,28,29,30,31,32)/q+1. The molecule has 9 heteroatoms. The van der Waals surface area contributed by atoms with E-state index in [9.17, 15) is 4.39 Å². The summed E-state index contributed by atoms with van der Waals surface area (Å²) in [7, 11) is 3.78. The average Bonchev–Trinajstić information content (AvgIpc) is 3.01. The lowest BCUT2D eigenvalue weighted by atomic mass is 10.1. The number of nitrogens with zero attached hydrogens (tertiary/aromatic N) is 4. The maximum atomic E-state index is 14.2. The Hall–Kier alpha value is -2.68. The molecule has 1 aliphatic heterocycles. The van der Waals surface area contributed by atoms with Crippen LogP contribution >= 0.6 is 0 Å². The molecule has 1 saturated carbocycles. The van der Waals surface area contributed by atoms with Crippen LogP contribution in [0.15, 0.2) is 18.2 Å². The van der Waals surface area contributed by atoms with Gasteiger partial charge >= 0.3 is 0 Å². The van der Waals surface area contributed by atoms with E-state index in [1.807, 2.05) is 0 Å². The van der Waals surface area contributed by atoms with Gasteiger partial charge in [0.05, 0.1) is 33.8 Å². The van der Waals surface area contributed by atoms with Crippen molar-refractivity contribution in [3.8, 4) is 5.75 Å². The number of aromatic nitrogens is 3. The molecule has 34 heavy (non-hydrogen) atoms. The van der Waals surface area contributed by atoms with Crippen LogP contribution in [-0.2, 0) is 0 Å². The Morgan fingerprint density at radius 2 is 1.74 bits per heavy atom. The largest absolute Gasteiger partial charge is 0.494 e. The topological polar surface area (TPSA) is 84.0 Å². The quantitative estimate of drug-likeness (QED) is 0.352. The van der Waals surface area contributed by atoms with Crippen LogP contribution in [0, 0.1) is 5.82 Å². The number of benzene rings is 1. The molecule has 8 nitrogen and oxygen atoms in total. The lowest BCUT2D eigenvalue weighted by Gasteiger charge is -2.35. The second-order valence-corrected chi connectivity index (χ2v) is 9.81. The maximum absolute atomic E-state index is 14.2. The van der Waals surface area contributed by atoms with Crippen LogP contribution in [0.4, 0.5) is 27.9 Å². The Balaban J connectivity index is 1.53. The van der Waals surface area contributed by atoms with E-state index in [0.717, 1.165) is 30.4 Å². The third-order valence-electron chi connectivity index (χ3n) is 7.54. The van der Waals surface area contributed by atoms with Gasteiger partial charge in [0, 0.05) is 30.6 Å². The van der Waals surface area contributed by atoms with Gasteiger partial charge in [0.2, 0.25) is 17.8 Å². The second kappa shape index (κ2) is 11.2. The summed E-state index contributed by atoms with van der Waals surface area (Å²) in [6.07, 6.45) is 9.70. The van der Waals surface area contributed by atoms with Crippen molar-refractivity contribution in [2.75, 3.05) is 49.7 Å². The van der Waals surface area contributed by atoms with E-state index >= 15 is 0 Å². The van der Waals surface area contributed by atoms with E-state index in [0.29, 0.717) is 35.6 Å². The molecule has 1 saturated heterocycles. The zero-order valence-corrected chi connectivity index (χ0v) is 20.7. The minimum atomic E-state index is -0.436. The first-order valence-corrected chi connectivity index (χ1v) is 12.7. The third-order valence-corrected chi connectivity index (χ3v) is 7.54. The van der Waals surface area contributed by atoms with Crippen molar-refractivity contribution in [3.05, 3.63) is 24.0 Å². The van der Waals surface area contributed by atoms with Crippen LogP contribution < -0.4 is 20.7 Å². The monoisotopic (exact) mass is 472 g/mol. The van der Waals surface area contributed by atoms with Crippen molar-refractivity contribution in [1.82, 2.24) is 15.0 Å². The number of quaternary nitrogens is 1.